The van der Waals surface area contributed by atoms with Crippen LogP contribution in [0.1, 0.15) is 5.56 Å². The summed E-state index contributed by atoms with van der Waals surface area (Å²) in [5, 5.41) is 15.8. The fraction of sp³-hybridized carbons (Fsp3) is 0.130. The molecule has 0 amide bonds. The Morgan fingerprint density at radius 3 is 2.69 bits per heavy atom. The number of nitrogens with one attached hydrogen (secondary N) is 1. The van der Waals surface area contributed by atoms with E-state index in [-0.39, 0.29) is 5.75 Å². The van der Waals surface area contributed by atoms with Crippen molar-refractivity contribution in [1.82, 2.24) is 19.7 Å². The first-order chi connectivity index (χ1) is 14.1. The van der Waals surface area contributed by atoms with Crippen LogP contribution in [0.4, 0.5) is 0 Å². The van der Waals surface area contributed by atoms with Gasteiger partial charge in [0, 0.05) is 12.4 Å². The van der Waals surface area contributed by atoms with Crippen LogP contribution in [0.25, 0.3) is 44.6 Å². The molecule has 0 aliphatic carbocycles. The van der Waals surface area contributed by atoms with Crippen LogP contribution in [-0.2, 0) is 7.05 Å². The predicted molar refractivity (Wildman–Crippen MR) is 114 cm³/mol. The maximum absolute atomic E-state index is 10.1. The molecule has 29 heavy (non-hydrogen) atoms. The summed E-state index contributed by atoms with van der Waals surface area (Å²) in [6, 6.07) is 17.7. The van der Waals surface area contributed by atoms with Crippen molar-refractivity contribution in [3.63, 3.8) is 0 Å². The van der Waals surface area contributed by atoms with E-state index in [0.717, 1.165) is 44.6 Å². The minimum atomic E-state index is 0.151. The highest BCUT2D eigenvalue weighted by molar-refractivity contribution is 5.97. The Bertz CT molecular complexity index is 1380. The highest BCUT2D eigenvalue weighted by atomic mass is 16.5. The van der Waals surface area contributed by atoms with Gasteiger partial charge in [0.25, 0.3) is 0 Å². The number of benzene rings is 3. The molecule has 5 aromatic rings. The van der Waals surface area contributed by atoms with Crippen molar-refractivity contribution in [3.8, 4) is 34.1 Å². The number of para-hydroxylation sites is 1. The van der Waals surface area contributed by atoms with Gasteiger partial charge in [-0.25, -0.2) is 4.98 Å². The van der Waals surface area contributed by atoms with E-state index in [1.165, 1.54) is 0 Å². The largest absolute Gasteiger partial charge is 0.506 e. The summed E-state index contributed by atoms with van der Waals surface area (Å²) < 4.78 is 7.33. The zero-order valence-corrected chi connectivity index (χ0v) is 16.4. The Labute approximate surface area is 167 Å². The molecule has 144 valence electrons. The van der Waals surface area contributed by atoms with E-state index in [9.17, 15) is 5.11 Å². The minimum Gasteiger partial charge on any atom is -0.506 e. The molecule has 0 atom stereocenters. The summed E-state index contributed by atoms with van der Waals surface area (Å²) >= 11 is 0. The SMILES string of the molecule is COc1cccc(-c2ccc3c(c2)c(-c2nc4c(O)cccc4[nH]2)nn3C)c1C. The quantitative estimate of drug-likeness (QED) is 0.468. The number of aromatic amines is 1. The summed E-state index contributed by atoms with van der Waals surface area (Å²) in [7, 11) is 3.61. The lowest BCUT2D eigenvalue weighted by molar-refractivity contribution is 0.412. The number of aromatic nitrogens is 4. The number of rotatable bonds is 3. The molecule has 2 N–H and O–H groups in total. The molecule has 0 radical (unpaired) electrons. The van der Waals surface area contributed by atoms with Crippen LogP contribution >= 0.6 is 0 Å². The van der Waals surface area contributed by atoms with Crippen LogP contribution in [0, 0.1) is 6.92 Å². The van der Waals surface area contributed by atoms with Gasteiger partial charge < -0.3 is 14.8 Å². The Morgan fingerprint density at radius 1 is 1.07 bits per heavy atom. The van der Waals surface area contributed by atoms with Crippen molar-refractivity contribution in [2.75, 3.05) is 7.11 Å². The second kappa shape index (κ2) is 6.38. The van der Waals surface area contributed by atoms with Gasteiger partial charge in [-0.05, 0) is 53.9 Å². The van der Waals surface area contributed by atoms with E-state index in [0.29, 0.717) is 11.3 Å². The van der Waals surface area contributed by atoms with E-state index >= 15 is 0 Å². The predicted octanol–water partition coefficient (Wildman–Crippen LogP) is 4.81. The van der Waals surface area contributed by atoms with Crippen molar-refractivity contribution in [3.05, 3.63) is 60.2 Å². The Kier molecular flexibility index (Phi) is 3.81. The third-order valence-corrected chi connectivity index (χ3v) is 5.38. The van der Waals surface area contributed by atoms with Crippen LogP contribution in [0.3, 0.4) is 0 Å². The number of H-pyrrole nitrogens is 1. The lowest BCUT2D eigenvalue weighted by atomic mass is 9.98. The molecule has 0 saturated carbocycles. The molecule has 2 heterocycles. The smallest absolute Gasteiger partial charge is 0.159 e. The first kappa shape index (κ1) is 17.3. The van der Waals surface area contributed by atoms with Crippen molar-refractivity contribution in [1.29, 1.82) is 0 Å². The van der Waals surface area contributed by atoms with Gasteiger partial charge in [0.05, 0.1) is 18.1 Å². The number of methoxy groups -OCH3 is 1. The van der Waals surface area contributed by atoms with E-state index in [1.54, 1.807) is 19.2 Å². The van der Waals surface area contributed by atoms with E-state index in [4.69, 9.17) is 9.84 Å². The molecule has 0 aliphatic rings. The molecule has 0 saturated heterocycles. The van der Waals surface area contributed by atoms with Crippen LogP contribution in [-0.4, -0.2) is 32.0 Å². The van der Waals surface area contributed by atoms with Gasteiger partial charge in [-0.1, -0.05) is 24.3 Å². The summed E-state index contributed by atoms with van der Waals surface area (Å²) in [6.07, 6.45) is 0. The number of phenols is 1. The third kappa shape index (κ3) is 2.64. The average Bonchev–Trinajstić information content (AvgIpc) is 3.30. The van der Waals surface area contributed by atoms with Crippen LogP contribution in [0.2, 0.25) is 0 Å². The van der Waals surface area contributed by atoms with Gasteiger partial charge in [-0.2, -0.15) is 5.10 Å². The normalized spacial score (nSPS) is 11.4. The first-order valence-electron chi connectivity index (χ1n) is 9.35. The number of ether oxygens (including phenoxy) is 1. The van der Waals surface area contributed by atoms with Crippen molar-refractivity contribution in [2.45, 2.75) is 6.92 Å². The van der Waals surface area contributed by atoms with Gasteiger partial charge in [0.15, 0.2) is 5.82 Å². The molecule has 0 fully saturated rings. The topological polar surface area (TPSA) is 76.0 Å². The number of hydrogen-bond donors (Lipinski definition) is 2. The number of fused-ring (bicyclic) bond motifs is 2. The lowest BCUT2D eigenvalue weighted by Crippen LogP contribution is -1.91. The Hall–Kier alpha value is -3.80. The summed E-state index contributed by atoms with van der Waals surface area (Å²) in [6.45, 7) is 2.06. The molecule has 2 aromatic heterocycles. The molecule has 0 spiro atoms. The summed E-state index contributed by atoms with van der Waals surface area (Å²) in [5.74, 6) is 1.64. The van der Waals surface area contributed by atoms with Crippen molar-refractivity contribution < 1.29 is 9.84 Å². The molecule has 0 bridgehead atoms. The molecule has 3 aromatic carbocycles. The molecule has 0 unspecified atom stereocenters. The molecule has 0 aliphatic heterocycles. The minimum absolute atomic E-state index is 0.151. The monoisotopic (exact) mass is 384 g/mol. The number of aromatic hydroxyl groups is 1. The number of hydrogen-bond acceptors (Lipinski definition) is 4. The molecular weight excluding hydrogens is 364 g/mol. The number of aryl methyl sites for hydroxylation is 1. The molecular formula is C23H20N4O2. The highest BCUT2D eigenvalue weighted by Crippen LogP contribution is 2.35. The highest BCUT2D eigenvalue weighted by Gasteiger charge is 2.17. The van der Waals surface area contributed by atoms with Gasteiger partial charge >= 0.3 is 0 Å². The Balaban J connectivity index is 1.73. The standard InChI is InChI=1S/C23H20N4O2/c1-13-15(6-4-9-20(13)29-3)14-10-11-18-16(12-14)21(26-27(18)2)23-24-17-7-5-8-19(28)22(17)25-23/h4-12,28H,1-3H3,(H,24,25). The van der Waals surface area contributed by atoms with Gasteiger partial charge in [0.1, 0.15) is 22.7 Å². The van der Waals surface area contributed by atoms with Crippen LogP contribution in [0.5, 0.6) is 11.5 Å². The fourth-order valence-corrected chi connectivity index (χ4v) is 3.89. The first-order valence-corrected chi connectivity index (χ1v) is 9.35. The van der Waals surface area contributed by atoms with E-state index in [1.807, 2.05) is 29.9 Å². The lowest BCUT2D eigenvalue weighted by Gasteiger charge is -2.10. The number of imidazole rings is 1. The Morgan fingerprint density at radius 2 is 1.90 bits per heavy atom. The summed E-state index contributed by atoms with van der Waals surface area (Å²) in [4.78, 5) is 7.87. The van der Waals surface area contributed by atoms with Crippen molar-refractivity contribution in [2.24, 2.45) is 7.05 Å². The molecule has 6 nitrogen and oxygen atoms in total. The van der Waals surface area contributed by atoms with Crippen LogP contribution < -0.4 is 4.74 Å². The zero-order chi connectivity index (χ0) is 20.1. The molecule has 6 heteroatoms. The van der Waals surface area contributed by atoms with Crippen molar-refractivity contribution >= 4 is 21.9 Å². The zero-order valence-electron chi connectivity index (χ0n) is 16.4. The van der Waals surface area contributed by atoms with Gasteiger partial charge in [-0.3, -0.25) is 4.68 Å². The van der Waals surface area contributed by atoms with Crippen LogP contribution in [0.15, 0.2) is 54.6 Å². The number of nitrogens with zero attached hydrogens (tertiary/aromatic N) is 3. The maximum atomic E-state index is 10.1. The molecule has 5 rings (SSSR count). The fourth-order valence-electron chi connectivity index (χ4n) is 3.89. The summed E-state index contributed by atoms with van der Waals surface area (Å²) in [5.41, 5.74) is 6.37. The van der Waals surface area contributed by atoms with E-state index < -0.39 is 0 Å². The van der Waals surface area contributed by atoms with Gasteiger partial charge in [-0.15, -0.1) is 0 Å². The second-order valence-corrected chi connectivity index (χ2v) is 7.10. The maximum Gasteiger partial charge on any atom is 0.159 e. The van der Waals surface area contributed by atoms with E-state index in [2.05, 4.69) is 41.2 Å². The number of phenolic OH excluding ortho intramolecular Hbond substituents is 1. The van der Waals surface area contributed by atoms with Gasteiger partial charge in [0.2, 0.25) is 0 Å². The average molecular weight is 384 g/mol. The second-order valence-electron chi connectivity index (χ2n) is 7.10. The third-order valence-electron chi connectivity index (χ3n) is 5.38.